The van der Waals surface area contributed by atoms with Crippen molar-refractivity contribution in [3.8, 4) is 0 Å². The van der Waals surface area contributed by atoms with Gasteiger partial charge in [-0.2, -0.15) is 0 Å². The van der Waals surface area contributed by atoms with Gasteiger partial charge in [-0.25, -0.2) is 0 Å². The van der Waals surface area contributed by atoms with Gasteiger partial charge in [-0.3, -0.25) is 4.99 Å². The predicted octanol–water partition coefficient (Wildman–Crippen LogP) is 3.25. The van der Waals surface area contributed by atoms with Crippen LogP contribution in [0.25, 0.3) is 0 Å². The smallest absolute Gasteiger partial charge is 0.191 e. The summed E-state index contributed by atoms with van der Waals surface area (Å²) in [5.74, 6) is 1.67. The van der Waals surface area contributed by atoms with E-state index in [1.165, 1.54) is 31.5 Å². The number of piperidine rings is 1. The highest BCUT2D eigenvalue weighted by Crippen LogP contribution is 2.23. The molecule has 1 aromatic carbocycles. The average Bonchev–Trinajstić information content (AvgIpc) is 2.65. The summed E-state index contributed by atoms with van der Waals surface area (Å²) in [5.41, 5.74) is 1.37. The molecule has 0 saturated carbocycles. The minimum absolute atomic E-state index is 0.0352. The fourth-order valence-electron chi connectivity index (χ4n) is 3.45. The third kappa shape index (κ3) is 6.35. The fraction of sp³-hybridized carbons (Fsp3) is 0.667. The maximum Gasteiger partial charge on any atom is 0.191 e. The van der Waals surface area contributed by atoms with Crippen molar-refractivity contribution in [2.24, 2.45) is 10.9 Å². The molecule has 0 spiro atoms. The van der Waals surface area contributed by atoms with Crippen LogP contribution in [0, 0.1) is 5.92 Å². The van der Waals surface area contributed by atoms with Gasteiger partial charge in [0, 0.05) is 25.0 Å². The van der Waals surface area contributed by atoms with Crippen molar-refractivity contribution in [3.63, 3.8) is 0 Å². The second kappa shape index (κ2) is 9.81. The Balaban J connectivity index is 1.91. The molecule has 4 heteroatoms. The molecule has 0 aliphatic carbocycles. The molecule has 1 aliphatic heterocycles. The Labute approximate surface area is 154 Å². The van der Waals surface area contributed by atoms with E-state index in [1.54, 1.807) is 0 Å². The van der Waals surface area contributed by atoms with E-state index in [2.05, 4.69) is 73.6 Å². The summed E-state index contributed by atoms with van der Waals surface area (Å²) in [6.45, 7) is 15.2. The molecule has 1 aliphatic rings. The molecular formula is C21H36N4. The van der Waals surface area contributed by atoms with Crippen LogP contribution in [0.15, 0.2) is 35.3 Å². The highest BCUT2D eigenvalue weighted by Gasteiger charge is 2.21. The Hall–Kier alpha value is -1.55. The molecule has 1 heterocycles. The van der Waals surface area contributed by atoms with E-state index in [-0.39, 0.29) is 5.41 Å². The summed E-state index contributed by atoms with van der Waals surface area (Å²) >= 11 is 0. The Morgan fingerprint density at radius 3 is 2.64 bits per heavy atom. The molecular weight excluding hydrogens is 308 g/mol. The highest BCUT2D eigenvalue weighted by molar-refractivity contribution is 5.79. The first-order chi connectivity index (χ1) is 12.0. The Kier molecular flexibility index (Phi) is 7.76. The maximum absolute atomic E-state index is 4.87. The SMILES string of the molecule is CCNC(=NCC(C)(C)c1ccccc1)NCC1CCCN(CC)C1. The minimum atomic E-state index is 0.0352. The Morgan fingerprint density at radius 1 is 1.20 bits per heavy atom. The van der Waals surface area contributed by atoms with E-state index < -0.39 is 0 Å². The van der Waals surface area contributed by atoms with Crippen molar-refractivity contribution in [2.75, 3.05) is 39.3 Å². The average molecular weight is 345 g/mol. The monoisotopic (exact) mass is 344 g/mol. The van der Waals surface area contributed by atoms with Crippen LogP contribution in [0.3, 0.4) is 0 Å². The number of benzene rings is 1. The zero-order chi connectivity index (χ0) is 18.1. The third-order valence-electron chi connectivity index (χ3n) is 5.14. The van der Waals surface area contributed by atoms with Crippen molar-refractivity contribution in [1.82, 2.24) is 15.5 Å². The highest BCUT2D eigenvalue weighted by atomic mass is 15.2. The molecule has 1 fully saturated rings. The minimum Gasteiger partial charge on any atom is -0.357 e. The summed E-state index contributed by atoms with van der Waals surface area (Å²) < 4.78 is 0. The fourth-order valence-corrected chi connectivity index (χ4v) is 3.45. The van der Waals surface area contributed by atoms with Crippen LogP contribution in [0.5, 0.6) is 0 Å². The van der Waals surface area contributed by atoms with Crippen LogP contribution in [-0.4, -0.2) is 50.1 Å². The van der Waals surface area contributed by atoms with Gasteiger partial charge >= 0.3 is 0 Å². The van der Waals surface area contributed by atoms with Crippen LogP contribution in [0.4, 0.5) is 0 Å². The van der Waals surface area contributed by atoms with Crippen molar-refractivity contribution in [1.29, 1.82) is 0 Å². The lowest BCUT2D eigenvalue weighted by molar-refractivity contribution is 0.183. The van der Waals surface area contributed by atoms with E-state index in [1.807, 2.05) is 0 Å². The van der Waals surface area contributed by atoms with E-state index in [0.717, 1.165) is 38.1 Å². The largest absolute Gasteiger partial charge is 0.357 e. The first-order valence-corrected chi connectivity index (χ1v) is 9.85. The van der Waals surface area contributed by atoms with Crippen LogP contribution < -0.4 is 10.6 Å². The number of hydrogen-bond acceptors (Lipinski definition) is 2. The lowest BCUT2D eigenvalue weighted by Crippen LogP contribution is -2.44. The number of guanidine groups is 1. The van der Waals surface area contributed by atoms with Gasteiger partial charge in [-0.1, -0.05) is 51.1 Å². The van der Waals surface area contributed by atoms with Crippen molar-refractivity contribution in [2.45, 2.75) is 46.0 Å². The maximum atomic E-state index is 4.87. The molecule has 140 valence electrons. The lowest BCUT2D eigenvalue weighted by Gasteiger charge is -2.32. The molecule has 0 bridgehead atoms. The first-order valence-electron chi connectivity index (χ1n) is 9.85. The second-order valence-corrected chi connectivity index (χ2v) is 7.73. The number of nitrogens with zero attached hydrogens (tertiary/aromatic N) is 2. The summed E-state index contributed by atoms with van der Waals surface area (Å²) in [7, 11) is 0. The molecule has 1 saturated heterocycles. The van der Waals surface area contributed by atoms with E-state index in [9.17, 15) is 0 Å². The van der Waals surface area contributed by atoms with E-state index in [0.29, 0.717) is 0 Å². The number of rotatable bonds is 7. The molecule has 0 aromatic heterocycles. The Bertz CT molecular complexity index is 524. The van der Waals surface area contributed by atoms with Gasteiger partial charge in [0.25, 0.3) is 0 Å². The number of hydrogen-bond donors (Lipinski definition) is 2. The van der Waals surface area contributed by atoms with Gasteiger partial charge < -0.3 is 15.5 Å². The zero-order valence-electron chi connectivity index (χ0n) is 16.5. The van der Waals surface area contributed by atoms with Crippen molar-refractivity contribution < 1.29 is 0 Å². The molecule has 25 heavy (non-hydrogen) atoms. The van der Waals surface area contributed by atoms with Crippen molar-refractivity contribution >= 4 is 5.96 Å². The standard InChI is InChI=1S/C21H36N4/c1-5-22-20(23-15-18-11-10-14-25(6-2)16-18)24-17-21(3,4)19-12-8-7-9-13-19/h7-9,12-13,18H,5-6,10-11,14-17H2,1-4H3,(H2,22,23,24). The van der Waals surface area contributed by atoms with Crippen LogP contribution >= 0.6 is 0 Å². The molecule has 1 aromatic rings. The normalized spacial score (nSPS) is 19.7. The van der Waals surface area contributed by atoms with Gasteiger partial charge in [-0.05, 0) is 44.3 Å². The Morgan fingerprint density at radius 2 is 1.96 bits per heavy atom. The second-order valence-electron chi connectivity index (χ2n) is 7.73. The number of aliphatic imine (C=N–C) groups is 1. The predicted molar refractivity (Wildman–Crippen MR) is 108 cm³/mol. The van der Waals surface area contributed by atoms with Gasteiger partial charge in [0.15, 0.2) is 5.96 Å². The number of nitrogens with one attached hydrogen (secondary N) is 2. The van der Waals surface area contributed by atoms with Crippen LogP contribution in [0.1, 0.15) is 46.1 Å². The summed E-state index contributed by atoms with van der Waals surface area (Å²) in [6, 6.07) is 10.7. The lowest BCUT2D eigenvalue weighted by atomic mass is 9.85. The van der Waals surface area contributed by atoms with E-state index in [4.69, 9.17) is 4.99 Å². The van der Waals surface area contributed by atoms with E-state index >= 15 is 0 Å². The summed E-state index contributed by atoms with van der Waals surface area (Å²) in [5, 5.41) is 6.97. The first kappa shape index (κ1) is 19.8. The zero-order valence-corrected chi connectivity index (χ0v) is 16.5. The van der Waals surface area contributed by atoms with Gasteiger partial charge in [-0.15, -0.1) is 0 Å². The molecule has 2 rings (SSSR count). The molecule has 4 nitrogen and oxygen atoms in total. The summed E-state index contributed by atoms with van der Waals surface area (Å²) in [4.78, 5) is 7.42. The summed E-state index contributed by atoms with van der Waals surface area (Å²) in [6.07, 6.45) is 2.63. The number of likely N-dealkylation sites (tertiary alicyclic amines) is 1. The quantitative estimate of drug-likeness (QED) is 0.589. The van der Waals surface area contributed by atoms with Gasteiger partial charge in [0.2, 0.25) is 0 Å². The topological polar surface area (TPSA) is 39.7 Å². The van der Waals surface area contributed by atoms with Gasteiger partial charge in [0.05, 0.1) is 6.54 Å². The molecule has 0 amide bonds. The molecule has 1 atom stereocenters. The van der Waals surface area contributed by atoms with Crippen LogP contribution in [0.2, 0.25) is 0 Å². The third-order valence-corrected chi connectivity index (χ3v) is 5.14. The van der Waals surface area contributed by atoms with Gasteiger partial charge in [0.1, 0.15) is 0 Å². The molecule has 0 radical (unpaired) electrons. The van der Waals surface area contributed by atoms with Crippen molar-refractivity contribution in [3.05, 3.63) is 35.9 Å². The molecule has 1 unspecified atom stereocenters. The molecule has 2 N–H and O–H groups in total. The van der Waals surface area contributed by atoms with Crippen LogP contribution in [-0.2, 0) is 5.41 Å².